The molecule has 0 aliphatic carbocycles. The maximum atomic E-state index is 10.6. The van der Waals surface area contributed by atoms with Crippen molar-refractivity contribution in [2.24, 2.45) is 5.92 Å². The fourth-order valence-electron chi connectivity index (χ4n) is 2.69. The molecule has 25 heavy (non-hydrogen) atoms. The highest BCUT2D eigenvalue weighted by Crippen LogP contribution is 2.13. The predicted molar refractivity (Wildman–Crippen MR) is 105 cm³/mol. The first-order valence-electron chi connectivity index (χ1n) is 10.5. The molecule has 0 bridgehead atoms. The van der Waals surface area contributed by atoms with Crippen LogP contribution in [0, 0.1) is 5.92 Å². The van der Waals surface area contributed by atoms with Crippen molar-refractivity contribution < 1.29 is 19.8 Å². The number of unbranched alkanes of at least 4 members (excludes halogenated alkanes) is 12. The molecule has 0 heterocycles. The molecule has 0 aromatic heterocycles. The number of carbonyl (C=O) groups is 2. The summed E-state index contributed by atoms with van der Waals surface area (Å²) in [5.41, 5.74) is 0. The predicted octanol–water partition coefficient (Wildman–Crippen LogP) is 6.67. The lowest BCUT2D eigenvalue weighted by Crippen LogP contribution is -2.23. The van der Waals surface area contributed by atoms with Gasteiger partial charge in [-0.15, -0.1) is 0 Å². The minimum atomic E-state index is -1.23. The normalized spacial score (nSPS) is 10.4. The van der Waals surface area contributed by atoms with Gasteiger partial charge in [0.1, 0.15) is 0 Å². The lowest BCUT2D eigenvalue weighted by molar-refractivity contribution is -0.154. The quantitative estimate of drug-likeness (QED) is 0.239. The summed E-state index contributed by atoms with van der Waals surface area (Å²) in [4.78, 5) is 21.1. The zero-order valence-electron chi connectivity index (χ0n) is 16.9. The molecule has 0 radical (unpaired) electrons. The second-order valence-corrected chi connectivity index (χ2v) is 6.91. The molecule has 2 N–H and O–H groups in total. The lowest BCUT2D eigenvalue weighted by atomic mass is 10.0. The molecule has 0 saturated carbocycles. The van der Waals surface area contributed by atoms with Crippen molar-refractivity contribution in [2.45, 2.75) is 117 Å². The molecule has 0 aliphatic rings. The number of rotatable bonds is 16. The first-order chi connectivity index (χ1) is 12.0. The Bertz CT molecular complexity index is 282. The van der Waals surface area contributed by atoms with Gasteiger partial charge in [0.25, 0.3) is 0 Å². The van der Waals surface area contributed by atoms with Crippen LogP contribution in [-0.2, 0) is 9.59 Å². The van der Waals surface area contributed by atoms with Gasteiger partial charge in [0.05, 0.1) is 0 Å². The summed E-state index contributed by atoms with van der Waals surface area (Å²) in [7, 11) is 0. The minimum Gasteiger partial charge on any atom is -0.481 e. The molecule has 0 saturated heterocycles. The van der Waals surface area contributed by atoms with Crippen molar-refractivity contribution in [1.82, 2.24) is 0 Å². The zero-order valence-corrected chi connectivity index (χ0v) is 16.9. The summed E-state index contributed by atoms with van der Waals surface area (Å²) in [6, 6.07) is 0. The fourth-order valence-corrected chi connectivity index (χ4v) is 2.69. The highest BCUT2D eigenvalue weighted by molar-refractivity contribution is 5.92. The fraction of sp³-hybridized carbons (Fsp3) is 0.905. The molecule has 0 unspecified atom stereocenters. The van der Waals surface area contributed by atoms with Gasteiger partial charge >= 0.3 is 11.9 Å². The van der Waals surface area contributed by atoms with Crippen molar-refractivity contribution in [3.63, 3.8) is 0 Å². The SMILES string of the molecule is CCCCCCCCC.CCCCCCCCCC(C(=O)O)C(=O)O. The summed E-state index contributed by atoms with van der Waals surface area (Å²) >= 11 is 0. The molecule has 150 valence electrons. The molecule has 0 aromatic rings. The van der Waals surface area contributed by atoms with E-state index in [1.54, 1.807) is 0 Å². The van der Waals surface area contributed by atoms with Gasteiger partial charge in [-0.05, 0) is 6.42 Å². The molecular formula is C21H42O4. The van der Waals surface area contributed by atoms with E-state index in [0.29, 0.717) is 6.42 Å². The van der Waals surface area contributed by atoms with E-state index in [-0.39, 0.29) is 6.42 Å². The standard InChI is InChI=1S/C12H22O4.C9H20/c1-2-3-4-5-6-7-8-9-10(11(13)14)12(15)16;1-3-5-7-9-8-6-4-2/h10H,2-9H2,1H3,(H,13,14)(H,15,16);3-9H2,1-2H3. The van der Waals surface area contributed by atoms with Gasteiger partial charge in [0.2, 0.25) is 0 Å². The van der Waals surface area contributed by atoms with Crippen LogP contribution in [0.15, 0.2) is 0 Å². The average molecular weight is 359 g/mol. The van der Waals surface area contributed by atoms with Crippen LogP contribution < -0.4 is 0 Å². The topological polar surface area (TPSA) is 74.6 Å². The van der Waals surface area contributed by atoms with Gasteiger partial charge in [0, 0.05) is 0 Å². The third kappa shape index (κ3) is 20.9. The van der Waals surface area contributed by atoms with Gasteiger partial charge < -0.3 is 10.2 Å². The molecule has 0 aromatic carbocycles. The number of carboxylic acid groups (broad SMARTS) is 2. The molecule has 4 heteroatoms. The summed E-state index contributed by atoms with van der Waals surface area (Å²) in [6.07, 6.45) is 17.8. The molecule has 0 rings (SSSR count). The molecule has 0 fully saturated rings. The number of hydrogen-bond donors (Lipinski definition) is 2. The Morgan fingerprint density at radius 2 is 0.840 bits per heavy atom. The first-order valence-corrected chi connectivity index (χ1v) is 10.5. The Hall–Kier alpha value is -1.06. The van der Waals surface area contributed by atoms with E-state index in [1.165, 1.54) is 70.6 Å². The Morgan fingerprint density at radius 3 is 1.12 bits per heavy atom. The van der Waals surface area contributed by atoms with Crippen molar-refractivity contribution in [3.05, 3.63) is 0 Å². The van der Waals surface area contributed by atoms with Gasteiger partial charge in [-0.2, -0.15) is 0 Å². The average Bonchev–Trinajstić information content (AvgIpc) is 2.57. The maximum Gasteiger partial charge on any atom is 0.317 e. The molecule has 0 aliphatic heterocycles. The molecule has 0 atom stereocenters. The summed E-state index contributed by atoms with van der Waals surface area (Å²) in [5, 5.41) is 17.3. The highest BCUT2D eigenvalue weighted by Gasteiger charge is 2.24. The molecule has 0 amide bonds. The smallest absolute Gasteiger partial charge is 0.317 e. The highest BCUT2D eigenvalue weighted by atomic mass is 16.4. The van der Waals surface area contributed by atoms with Crippen molar-refractivity contribution in [3.8, 4) is 0 Å². The lowest BCUT2D eigenvalue weighted by Gasteiger charge is -2.06. The van der Waals surface area contributed by atoms with E-state index in [0.717, 1.165) is 12.8 Å². The molecule has 4 nitrogen and oxygen atoms in total. The van der Waals surface area contributed by atoms with Crippen LogP contribution in [0.25, 0.3) is 0 Å². The van der Waals surface area contributed by atoms with Gasteiger partial charge in [-0.3, -0.25) is 9.59 Å². The van der Waals surface area contributed by atoms with E-state index in [9.17, 15) is 9.59 Å². The first kappa shape index (κ1) is 26.2. The second kappa shape index (κ2) is 21.0. The molecular weight excluding hydrogens is 316 g/mol. The van der Waals surface area contributed by atoms with E-state index >= 15 is 0 Å². The van der Waals surface area contributed by atoms with Crippen LogP contribution in [0.3, 0.4) is 0 Å². The Kier molecular flexibility index (Phi) is 22.0. The monoisotopic (exact) mass is 358 g/mol. The van der Waals surface area contributed by atoms with Crippen molar-refractivity contribution >= 4 is 11.9 Å². The van der Waals surface area contributed by atoms with E-state index in [1.807, 2.05) is 0 Å². The van der Waals surface area contributed by atoms with E-state index in [2.05, 4.69) is 20.8 Å². The van der Waals surface area contributed by atoms with Crippen LogP contribution in [0.2, 0.25) is 0 Å². The summed E-state index contributed by atoms with van der Waals surface area (Å²) in [5.74, 6) is -3.67. The number of carboxylic acids is 2. The summed E-state index contributed by atoms with van der Waals surface area (Å²) in [6.45, 7) is 6.68. The van der Waals surface area contributed by atoms with E-state index < -0.39 is 17.9 Å². The Labute approximate surface area is 155 Å². The number of aliphatic carboxylic acids is 2. The Morgan fingerprint density at radius 1 is 0.560 bits per heavy atom. The largest absolute Gasteiger partial charge is 0.481 e. The van der Waals surface area contributed by atoms with Gasteiger partial charge in [-0.25, -0.2) is 0 Å². The third-order valence-corrected chi connectivity index (χ3v) is 4.40. The van der Waals surface area contributed by atoms with Gasteiger partial charge in [0.15, 0.2) is 5.92 Å². The minimum absolute atomic E-state index is 0.248. The third-order valence-electron chi connectivity index (χ3n) is 4.40. The van der Waals surface area contributed by atoms with Crippen LogP contribution >= 0.6 is 0 Å². The Balaban J connectivity index is 0. The maximum absolute atomic E-state index is 10.6. The second-order valence-electron chi connectivity index (χ2n) is 6.91. The number of hydrogen-bond acceptors (Lipinski definition) is 2. The zero-order chi connectivity index (χ0) is 19.3. The van der Waals surface area contributed by atoms with Crippen molar-refractivity contribution in [2.75, 3.05) is 0 Å². The van der Waals surface area contributed by atoms with Crippen LogP contribution in [-0.4, -0.2) is 22.2 Å². The van der Waals surface area contributed by atoms with Crippen molar-refractivity contribution in [1.29, 1.82) is 0 Å². The van der Waals surface area contributed by atoms with Crippen LogP contribution in [0.4, 0.5) is 0 Å². The van der Waals surface area contributed by atoms with E-state index in [4.69, 9.17) is 10.2 Å². The molecule has 0 spiro atoms. The van der Waals surface area contributed by atoms with Gasteiger partial charge in [-0.1, -0.05) is 111 Å². The summed E-state index contributed by atoms with van der Waals surface area (Å²) < 4.78 is 0. The van der Waals surface area contributed by atoms with Crippen LogP contribution in [0.5, 0.6) is 0 Å². The van der Waals surface area contributed by atoms with Crippen LogP contribution in [0.1, 0.15) is 117 Å².